The molecule has 3 aromatic rings. The Bertz CT molecular complexity index is 981. The third-order valence-electron chi connectivity index (χ3n) is 5.20. The molecule has 1 aliphatic rings. The highest BCUT2D eigenvalue weighted by atomic mass is 32.1. The van der Waals surface area contributed by atoms with Crippen LogP contribution >= 0.6 is 11.3 Å². The number of carbonyl (C=O) groups excluding carboxylic acids is 1. The molecule has 1 aromatic carbocycles. The lowest BCUT2D eigenvalue weighted by atomic mass is 9.89. The smallest absolute Gasteiger partial charge is 0.308 e. The highest BCUT2D eigenvalue weighted by Crippen LogP contribution is 2.33. The lowest BCUT2D eigenvalue weighted by Gasteiger charge is -2.16. The van der Waals surface area contributed by atoms with Crippen LogP contribution in [0.5, 0.6) is 0 Å². The number of aryl methyl sites for hydroxylation is 1. The van der Waals surface area contributed by atoms with Gasteiger partial charge >= 0.3 is 5.97 Å². The van der Waals surface area contributed by atoms with Crippen LogP contribution in [0.4, 0.5) is 0 Å². The van der Waals surface area contributed by atoms with Crippen LogP contribution in [0.2, 0.25) is 0 Å². The molecule has 1 amide bonds. The molecule has 7 heteroatoms. The second-order valence-electron chi connectivity index (χ2n) is 6.97. The van der Waals surface area contributed by atoms with E-state index < -0.39 is 11.9 Å². The summed E-state index contributed by atoms with van der Waals surface area (Å²) in [6, 6.07) is 11.4. The lowest BCUT2D eigenvalue weighted by Crippen LogP contribution is -2.31. The molecule has 0 bridgehead atoms. The number of carboxylic acid groups (broad SMARTS) is 1. The summed E-state index contributed by atoms with van der Waals surface area (Å²) in [5, 5.41) is 13.5. The van der Waals surface area contributed by atoms with Gasteiger partial charge in [-0.05, 0) is 23.9 Å². The maximum atomic E-state index is 12.9. The second-order valence-corrected chi connectivity index (χ2v) is 7.75. The number of hydrogen-bond acceptors (Lipinski definition) is 5. The standard InChI is InChI=1S/C21H20N2O4S/c1-13-18(22-20(27-13)15-7-8-28-12-15)9-19(24)23-10-16(17(11-23)21(25)26)14-5-3-2-4-6-14/h2-8,12,16-17H,9-11H2,1H3,(H,25,26)/t16-,17-/m0/s1. The summed E-state index contributed by atoms with van der Waals surface area (Å²) in [5.74, 6) is -0.690. The molecule has 0 radical (unpaired) electrons. The summed E-state index contributed by atoms with van der Waals surface area (Å²) in [6.07, 6.45) is 0.104. The summed E-state index contributed by atoms with van der Waals surface area (Å²) >= 11 is 1.55. The van der Waals surface area contributed by atoms with Crippen molar-refractivity contribution in [3.8, 4) is 11.5 Å². The van der Waals surface area contributed by atoms with Crippen LogP contribution in [-0.4, -0.2) is 40.0 Å². The van der Waals surface area contributed by atoms with E-state index in [1.165, 1.54) is 0 Å². The topological polar surface area (TPSA) is 83.6 Å². The van der Waals surface area contributed by atoms with E-state index in [1.807, 2.05) is 47.2 Å². The predicted molar refractivity (Wildman–Crippen MR) is 105 cm³/mol. The van der Waals surface area contributed by atoms with Crippen LogP contribution in [0.25, 0.3) is 11.5 Å². The van der Waals surface area contributed by atoms with E-state index in [1.54, 1.807) is 23.2 Å². The van der Waals surface area contributed by atoms with Crippen LogP contribution in [0, 0.1) is 12.8 Å². The van der Waals surface area contributed by atoms with Crippen molar-refractivity contribution in [2.24, 2.45) is 5.92 Å². The predicted octanol–water partition coefficient (Wildman–Crippen LogP) is 3.58. The van der Waals surface area contributed by atoms with Crippen LogP contribution < -0.4 is 0 Å². The Kier molecular flexibility index (Phi) is 5.00. The van der Waals surface area contributed by atoms with Crippen molar-refractivity contribution in [1.82, 2.24) is 9.88 Å². The number of carbonyl (C=O) groups is 2. The van der Waals surface area contributed by atoms with Crippen LogP contribution in [0.15, 0.2) is 51.6 Å². The van der Waals surface area contributed by atoms with Gasteiger partial charge in [-0.25, -0.2) is 4.98 Å². The Morgan fingerprint density at radius 1 is 1.25 bits per heavy atom. The Labute approximate surface area is 166 Å². The Hall–Kier alpha value is -2.93. The molecule has 3 heterocycles. The molecule has 144 valence electrons. The summed E-state index contributed by atoms with van der Waals surface area (Å²) in [5.41, 5.74) is 2.44. The number of thiophene rings is 1. The number of aromatic nitrogens is 1. The molecule has 2 aromatic heterocycles. The monoisotopic (exact) mass is 396 g/mol. The second kappa shape index (κ2) is 7.59. The first-order chi connectivity index (χ1) is 13.5. The molecule has 6 nitrogen and oxygen atoms in total. The van der Waals surface area contributed by atoms with Crippen molar-refractivity contribution >= 4 is 23.2 Å². The maximum absolute atomic E-state index is 12.9. The van der Waals surface area contributed by atoms with Crippen molar-refractivity contribution < 1.29 is 19.1 Å². The zero-order valence-corrected chi connectivity index (χ0v) is 16.2. The van der Waals surface area contributed by atoms with Crippen LogP contribution in [0.3, 0.4) is 0 Å². The summed E-state index contributed by atoms with van der Waals surface area (Å²) < 4.78 is 5.70. The molecule has 0 aliphatic carbocycles. The molecular formula is C21H20N2O4S. The number of benzene rings is 1. The van der Waals surface area contributed by atoms with Gasteiger partial charge in [0.1, 0.15) is 5.76 Å². The van der Waals surface area contributed by atoms with E-state index in [0.717, 1.165) is 11.1 Å². The third-order valence-corrected chi connectivity index (χ3v) is 5.88. The van der Waals surface area contributed by atoms with E-state index in [0.29, 0.717) is 23.9 Å². The molecule has 28 heavy (non-hydrogen) atoms. The van der Waals surface area contributed by atoms with Gasteiger partial charge in [-0.15, -0.1) is 0 Å². The number of nitrogens with zero attached hydrogens (tertiary/aromatic N) is 2. The van der Waals surface area contributed by atoms with E-state index in [4.69, 9.17) is 4.42 Å². The molecular weight excluding hydrogens is 376 g/mol. The van der Waals surface area contributed by atoms with Crippen molar-refractivity contribution in [3.05, 3.63) is 64.2 Å². The molecule has 0 saturated carbocycles. The van der Waals surface area contributed by atoms with E-state index in [9.17, 15) is 14.7 Å². The Balaban J connectivity index is 1.50. The van der Waals surface area contributed by atoms with Gasteiger partial charge in [0.15, 0.2) is 0 Å². The first kappa shape index (κ1) is 18.4. The molecule has 1 N–H and O–H groups in total. The molecule has 4 rings (SSSR count). The zero-order chi connectivity index (χ0) is 19.7. The molecule has 2 atom stereocenters. The third kappa shape index (κ3) is 3.57. The zero-order valence-electron chi connectivity index (χ0n) is 15.4. The van der Waals surface area contributed by atoms with Gasteiger partial charge in [0.2, 0.25) is 11.8 Å². The molecule has 1 aliphatic heterocycles. The SMILES string of the molecule is Cc1oc(-c2ccsc2)nc1CC(=O)N1C[C@H](C(=O)O)[C@H](c2ccccc2)C1. The van der Waals surface area contributed by atoms with Gasteiger partial charge in [0.25, 0.3) is 0 Å². The van der Waals surface area contributed by atoms with Gasteiger partial charge < -0.3 is 14.4 Å². The maximum Gasteiger partial charge on any atom is 0.308 e. The average Bonchev–Trinajstić information content (AvgIpc) is 3.42. The molecule has 1 fully saturated rings. The van der Waals surface area contributed by atoms with Gasteiger partial charge in [0.05, 0.1) is 18.0 Å². The molecule has 0 spiro atoms. The van der Waals surface area contributed by atoms with Gasteiger partial charge in [-0.1, -0.05) is 30.3 Å². The first-order valence-electron chi connectivity index (χ1n) is 9.07. The fraction of sp³-hybridized carbons (Fsp3) is 0.286. The van der Waals surface area contributed by atoms with E-state index >= 15 is 0 Å². The minimum atomic E-state index is -0.874. The normalized spacial score (nSPS) is 19.1. The fourth-order valence-electron chi connectivity index (χ4n) is 3.65. The molecule has 0 unspecified atom stereocenters. The van der Waals surface area contributed by atoms with Crippen molar-refractivity contribution in [3.63, 3.8) is 0 Å². The number of carboxylic acids is 1. The summed E-state index contributed by atoms with van der Waals surface area (Å²) in [6.45, 7) is 2.40. The lowest BCUT2D eigenvalue weighted by molar-refractivity contribution is -0.141. The number of likely N-dealkylation sites (tertiary alicyclic amines) is 1. The molecule has 1 saturated heterocycles. The highest BCUT2D eigenvalue weighted by Gasteiger charge is 2.40. The summed E-state index contributed by atoms with van der Waals surface area (Å²) in [4.78, 5) is 30.7. The highest BCUT2D eigenvalue weighted by molar-refractivity contribution is 7.08. The number of oxazole rings is 1. The quantitative estimate of drug-likeness (QED) is 0.713. The van der Waals surface area contributed by atoms with E-state index in [2.05, 4.69) is 4.98 Å². The van der Waals surface area contributed by atoms with Crippen molar-refractivity contribution in [2.75, 3.05) is 13.1 Å². The van der Waals surface area contributed by atoms with Crippen molar-refractivity contribution in [1.29, 1.82) is 0 Å². The number of aliphatic carboxylic acids is 1. The largest absolute Gasteiger partial charge is 0.481 e. The van der Waals surface area contributed by atoms with E-state index in [-0.39, 0.29) is 24.8 Å². The van der Waals surface area contributed by atoms with Gasteiger partial charge in [-0.3, -0.25) is 9.59 Å². The number of hydrogen-bond donors (Lipinski definition) is 1. The fourth-order valence-corrected chi connectivity index (χ4v) is 4.28. The van der Waals surface area contributed by atoms with Crippen molar-refractivity contribution in [2.45, 2.75) is 19.3 Å². The Morgan fingerprint density at radius 2 is 2.04 bits per heavy atom. The van der Waals surface area contributed by atoms with Crippen LogP contribution in [0.1, 0.15) is 22.9 Å². The number of rotatable bonds is 5. The minimum absolute atomic E-state index is 0.104. The van der Waals surface area contributed by atoms with Gasteiger partial charge in [-0.2, -0.15) is 11.3 Å². The first-order valence-corrected chi connectivity index (χ1v) is 10.0. The minimum Gasteiger partial charge on any atom is -0.481 e. The van der Waals surface area contributed by atoms with Crippen LogP contribution in [-0.2, 0) is 16.0 Å². The summed E-state index contributed by atoms with van der Waals surface area (Å²) in [7, 11) is 0. The average molecular weight is 396 g/mol. The van der Waals surface area contributed by atoms with Gasteiger partial charge in [0, 0.05) is 30.0 Å². The Morgan fingerprint density at radius 3 is 2.71 bits per heavy atom. The number of amides is 1.